The molecular formula is C10H16N2O2. The lowest BCUT2D eigenvalue weighted by Crippen LogP contribution is -2.28. The quantitative estimate of drug-likeness (QED) is 0.755. The van der Waals surface area contributed by atoms with Gasteiger partial charge in [0, 0.05) is 25.4 Å². The number of hydrogen-bond donors (Lipinski definition) is 1. The number of ether oxygens (including phenoxy) is 1. The fourth-order valence-corrected chi connectivity index (χ4v) is 1.24. The molecule has 0 aliphatic rings. The van der Waals surface area contributed by atoms with Gasteiger partial charge in [-0.15, -0.1) is 0 Å². The molecule has 14 heavy (non-hydrogen) atoms. The fourth-order valence-electron chi connectivity index (χ4n) is 1.24. The van der Waals surface area contributed by atoms with Gasteiger partial charge in [-0.05, 0) is 13.0 Å². The molecule has 0 saturated heterocycles. The standard InChI is InChI=1S/C10H16N2O2/c1-8(14-2)7-12-5-3-4-9(6-11)10(12)13/h3-5,8H,6-7,11H2,1-2H3. The Bertz CT molecular complexity index is 346. The molecule has 0 fully saturated rings. The molecule has 0 bridgehead atoms. The van der Waals surface area contributed by atoms with Crippen LogP contribution in [0.15, 0.2) is 23.1 Å². The molecular weight excluding hydrogens is 180 g/mol. The van der Waals surface area contributed by atoms with Crippen molar-refractivity contribution in [3.8, 4) is 0 Å². The van der Waals surface area contributed by atoms with Gasteiger partial charge in [0.15, 0.2) is 0 Å². The Morgan fingerprint density at radius 3 is 2.93 bits per heavy atom. The molecule has 1 heterocycles. The maximum absolute atomic E-state index is 11.7. The van der Waals surface area contributed by atoms with Crippen LogP contribution in [-0.2, 0) is 17.8 Å². The summed E-state index contributed by atoms with van der Waals surface area (Å²) >= 11 is 0. The Labute approximate surface area is 83.3 Å². The first-order valence-corrected chi connectivity index (χ1v) is 4.60. The van der Waals surface area contributed by atoms with Crippen LogP contribution in [0.3, 0.4) is 0 Å². The van der Waals surface area contributed by atoms with Gasteiger partial charge in [-0.3, -0.25) is 4.79 Å². The molecule has 1 rings (SSSR count). The Morgan fingerprint density at radius 1 is 1.64 bits per heavy atom. The molecule has 2 N–H and O–H groups in total. The van der Waals surface area contributed by atoms with Crippen molar-refractivity contribution in [2.24, 2.45) is 5.73 Å². The average Bonchev–Trinajstić information content (AvgIpc) is 2.21. The third-order valence-electron chi connectivity index (χ3n) is 2.18. The molecule has 4 nitrogen and oxygen atoms in total. The van der Waals surface area contributed by atoms with E-state index in [0.29, 0.717) is 12.1 Å². The van der Waals surface area contributed by atoms with Crippen LogP contribution in [-0.4, -0.2) is 17.8 Å². The first-order chi connectivity index (χ1) is 6.69. The minimum atomic E-state index is -0.0288. The van der Waals surface area contributed by atoms with E-state index in [1.165, 1.54) is 0 Å². The van der Waals surface area contributed by atoms with Crippen LogP contribution in [0.2, 0.25) is 0 Å². The van der Waals surface area contributed by atoms with Crippen molar-refractivity contribution in [3.63, 3.8) is 0 Å². The van der Waals surface area contributed by atoms with Crippen LogP contribution in [0, 0.1) is 0 Å². The van der Waals surface area contributed by atoms with Crippen molar-refractivity contribution >= 4 is 0 Å². The summed E-state index contributed by atoms with van der Waals surface area (Å²) in [6.45, 7) is 2.76. The van der Waals surface area contributed by atoms with Crippen LogP contribution >= 0.6 is 0 Å². The summed E-state index contributed by atoms with van der Waals surface area (Å²) in [6.07, 6.45) is 1.78. The summed E-state index contributed by atoms with van der Waals surface area (Å²) < 4.78 is 6.71. The molecule has 0 aromatic carbocycles. The highest BCUT2D eigenvalue weighted by Gasteiger charge is 2.04. The van der Waals surface area contributed by atoms with Crippen LogP contribution < -0.4 is 11.3 Å². The lowest BCUT2D eigenvalue weighted by molar-refractivity contribution is 0.102. The maximum atomic E-state index is 11.7. The number of rotatable bonds is 4. The number of methoxy groups -OCH3 is 1. The predicted molar refractivity (Wildman–Crippen MR) is 55.1 cm³/mol. The lowest BCUT2D eigenvalue weighted by atomic mass is 10.2. The van der Waals surface area contributed by atoms with Crippen LogP contribution in [0.5, 0.6) is 0 Å². The Kier molecular flexibility index (Phi) is 3.85. The highest BCUT2D eigenvalue weighted by Crippen LogP contribution is 1.95. The van der Waals surface area contributed by atoms with Gasteiger partial charge in [-0.25, -0.2) is 0 Å². The Balaban J connectivity index is 2.93. The second-order valence-electron chi connectivity index (χ2n) is 3.24. The van der Waals surface area contributed by atoms with E-state index in [2.05, 4.69) is 0 Å². The molecule has 0 aliphatic heterocycles. The van der Waals surface area contributed by atoms with E-state index in [1.807, 2.05) is 13.0 Å². The lowest BCUT2D eigenvalue weighted by Gasteiger charge is -2.12. The fraction of sp³-hybridized carbons (Fsp3) is 0.500. The topological polar surface area (TPSA) is 57.2 Å². The Hall–Kier alpha value is -1.13. The minimum Gasteiger partial charge on any atom is -0.380 e. The number of nitrogens with two attached hydrogens (primary N) is 1. The first kappa shape index (κ1) is 10.9. The number of pyridine rings is 1. The van der Waals surface area contributed by atoms with Gasteiger partial charge in [0.25, 0.3) is 5.56 Å². The van der Waals surface area contributed by atoms with Crippen molar-refractivity contribution in [3.05, 3.63) is 34.2 Å². The summed E-state index contributed by atoms with van der Waals surface area (Å²) in [5.41, 5.74) is 6.04. The zero-order chi connectivity index (χ0) is 10.6. The number of aromatic nitrogens is 1. The van der Waals surface area contributed by atoms with Gasteiger partial charge in [-0.2, -0.15) is 0 Å². The number of hydrogen-bond acceptors (Lipinski definition) is 3. The van der Waals surface area contributed by atoms with E-state index in [9.17, 15) is 4.79 Å². The molecule has 0 spiro atoms. The van der Waals surface area contributed by atoms with Crippen LogP contribution in [0.4, 0.5) is 0 Å². The van der Waals surface area contributed by atoms with Gasteiger partial charge in [-0.1, -0.05) is 6.07 Å². The molecule has 0 radical (unpaired) electrons. The molecule has 1 aromatic rings. The Morgan fingerprint density at radius 2 is 2.36 bits per heavy atom. The highest BCUT2D eigenvalue weighted by atomic mass is 16.5. The monoisotopic (exact) mass is 196 g/mol. The van der Waals surface area contributed by atoms with Crippen molar-refractivity contribution in [2.45, 2.75) is 26.1 Å². The van der Waals surface area contributed by atoms with E-state index in [4.69, 9.17) is 10.5 Å². The van der Waals surface area contributed by atoms with Gasteiger partial charge in [0.1, 0.15) is 0 Å². The summed E-state index contributed by atoms with van der Waals surface area (Å²) in [4.78, 5) is 11.7. The zero-order valence-corrected chi connectivity index (χ0v) is 8.56. The van der Waals surface area contributed by atoms with Gasteiger partial charge in [0.2, 0.25) is 0 Å². The van der Waals surface area contributed by atoms with Crippen molar-refractivity contribution in [2.75, 3.05) is 7.11 Å². The summed E-state index contributed by atoms with van der Waals surface area (Å²) in [5, 5.41) is 0. The van der Waals surface area contributed by atoms with E-state index in [-0.39, 0.29) is 18.2 Å². The minimum absolute atomic E-state index is 0.0284. The van der Waals surface area contributed by atoms with Crippen LogP contribution in [0.25, 0.3) is 0 Å². The third-order valence-corrected chi connectivity index (χ3v) is 2.18. The smallest absolute Gasteiger partial charge is 0.255 e. The van der Waals surface area contributed by atoms with Crippen molar-refractivity contribution in [1.29, 1.82) is 0 Å². The predicted octanol–water partition coefficient (Wildman–Crippen LogP) is 0.342. The third kappa shape index (κ3) is 2.43. The van der Waals surface area contributed by atoms with Gasteiger partial charge in [0.05, 0.1) is 12.6 Å². The molecule has 4 heteroatoms. The summed E-state index contributed by atoms with van der Waals surface area (Å²) in [7, 11) is 1.63. The summed E-state index contributed by atoms with van der Waals surface area (Å²) in [5.74, 6) is 0. The molecule has 1 aromatic heterocycles. The van der Waals surface area contributed by atoms with Crippen molar-refractivity contribution in [1.82, 2.24) is 4.57 Å². The van der Waals surface area contributed by atoms with Crippen LogP contribution in [0.1, 0.15) is 12.5 Å². The normalized spacial score (nSPS) is 12.8. The first-order valence-electron chi connectivity index (χ1n) is 4.60. The number of nitrogens with zero attached hydrogens (tertiary/aromatic N) is 1. The van der Waals surface area contributed by atoms with Crippen molar-refractivity contribution < 1.29 is 4.74 Å². The molecule has 0 amide bonds. The van der Waals surface area contributed by atoms with E-state index >= 15 is 0 Å². The SMILES string of the molecule is COC(C)Cn1cccc(CN)c1=O. The molecule has 0 aliphatic carbocycles. The van der Waals surface area contributed by atoms with Gasteiger partial charge < -0.3 is 15.0 Å². The molecule has 1 unspecified atom stereocenters. The van der Waals surface area contributed by atoms with E-state index in [0.717, 1.165) is 0 Å². The highest BCUT2D eigenvalue weighted by molar-refractivity contribution is 5.09. The van der Waals surface area contributed by atoms with Gasteiger partial charge >= 0.3 is 0 Å². The molecule has 1 atom stereocenters. The zero-order valence-electron chi connectivity index (χ0n) is 8.56. The largest absolute Gasteiger partial charge is 0.380 e. The summed E-state index contributed by atoms with van der Waals surface area (Å²) in [6, 6.07) is 3.57. The second-order valence-corrected chi connectivity index (χ2v) is 3.24. The van der Waals surface area contributed by atoms with E-state index < -0.39 is 0 Å². The maximum Gasteiger partial charge on any atom is 0.255 e. The molecule has 78 valence electrons. The second kappa shape index (κ2) is 4.93. The average molecular weight is 196 g/mol. The van der Waals surface area contributed by atoms with E-state index in [1.54, 1.807) is 23.9 Å². The molecule has 0 saturated carbocycles.